The second-order valence-electron chi connectivity index (χ2n) is 4.96. The Labute approximate surface area is 137 Å². The van der Waals surface area contributed by atoms with Gasteiger partial charge in [0.2, 0.25) is 0 Å². The van der Waals surface area contributed by atoms with Gasteiger partial charge in [-0.2, -0.15) is 0 Å². The highest BCUT2D eigenvalue weighted by atomic mass is 79.9. The Morgan fingerprint density at radius 2 is 2.19 bits per heavy atom. The zero-order chi connectivity index (χ0) is 14.7. The van der Waals surface area contributed by atoms with E-state index in [-0.39, 0.29) is 0 Å². The van der Waals surface area contributed by atoms with Crippen LogP contribution in [-0.2, 0) is 6.42 Å². The van der Waals surface area contributed by atoms with Crippen molar-refractivity contribution in [3.8, 4) is 0 Å². The quantitative estimate of drug-likeness (QED) is 0.695. The third-order valence-corrected chi connectivity index (χ3v) is 5.51. The molecule has 0 aliphatic rings. The summed E-state index contributed by atoms with van der Waals surface area (Å²) in [4.78, 5) is 5.77. The molecule has 0 saturated carbocycles. The van der Waals surface area contributed by atoms with Crippen LogP contribution in [0.5, 0.6) is 0 Å². The first kappa shape index (κ1) is 14.7. The zero-order valence-corrected chi connectivity index (χ0v) is 14.2. The normalized spacial score (nSPS) is 12.7. The van der Waals surface area contributed by atoms with Gasteiger partial charge in [0, 0.05) is 33.4 Å². The lowest BCUT2D eigenvalue weighted by molar-refractivity contribution is 0.553. The van der Waals surface area contributed by atoms with E-state index in [9.17, 15) is 0 Å². The number of rotatable bonds is 5. The maximum atomic E-state index is 4.39. The van der Waals surface area contributed by atoms with Gasteiger partial charge < -0.3 is 5.32 Å². The molecule has 3 aromatic rings. The number of thiophene rings is 1. The molecule has 0 bridgehead atoms. The van der Waals surface area contributed by atoms with Crippen LogP contribution in [0.15, 0.2) is 52.4 Å². The average molecular weight is 361 g/mol. The third-order valence-electron chi connectivity index (χ3n) is 3.56. The molecule has 1 aromatic carbocycles. The van der Waals surface area contributed by atoms with Gasteiger partial charge in [-0.05, 0) is 57.7 Å². The fourth-order valence-corrected chi connectivity index (χ4v) is 4.08. The van der Waals surface area contributed by atoms with Crippen molar-refractivity contribution in [2.45, 2.75) is 19.4 Å². The van der Waals surface area contributed by atoms with Gasteiger partial charge in [-0.3, -0.25) is 4.98 Å². The van der Waals surface area contributed by atoms with Gasteiger partial charge in [0.25, 0.3) is 0 Å². The minimum Gasteiger partial charge on any atom is -0.310 e. The molecule has 0 radical (unpaired) electrons. The van der Waals surface area contributed by atoms with Crippen LogP contribution in [0.4, 0.5) is 0 Å². The minimum atomic E-state index is 0.328. The summed E-state index contributed by atoms with van der Waals surface area (Å²) in [5.74, 6) is 0. The third kappa shape index (κ3) is 3.34. The van der Waals surface area contributed by atoms with E-state index in [0.29, 0.717) is 6.04 Å². The summed E-state index contributed by atoms with van der Waals surface area (Å²) < 4.78 is 1.21. The monoisotopic (exact) mass is 360 g/mol. The molecule has 21 heavy (non-hydrogen) atoms. The molecule has 3 rings (SSSR count). The van der Waals surface area contributed by atoms with Gasteiger partial charge in [-0.15, -0.1) is 11.3 Å². The molecule has 2 heterocycles. The van der Waals surface area contributed by atoms with Crippen molar-refractivity contribution in [2.24, 2.45) is 0 Å². The highest BCUT2D eigenvalue weighted by Crippen LogP contribution is 2.29. The van der Waals surface area contributed by atoms with Crippen molar-refractivity contribution < 1.29 is 0 Å². The van der Waals surface area contributed by atoms with Crippen molar-refractivity contribution in [1.82, 2.24) is 10.3 Å². The molecule has 0 spiro atoms. The Morgan fingerprint density at radius 3 is 2.95 bits per heavy atom. The molecule has 0 amide bonds. The van der Waals surface area contributed by atoms with Crippen molar-refractivity contribution in [3.05, 3.63) is 62.9 Å². The van der Waals surface area contributed by atoms with Gasteiger partial charge in [0.1, 0.15) is 0 Å². The van der Waals surface area contributed by atoms with E-state index in [2.05, 4.69) is 68.9 Å². The molecule has 0 aliphatic heterocycles. The van der Waals surface area contributed by atoms with Gasteiger partial charge in [-0.1, -0.05) is 19.1 Å². The maximum Gasteiger partial charge on any atom is 0.0702 e. The predicted molar refractivity (Wildman–Crippen MR) is 93.9 cm³/mol. The molecular formula is C17H17BrN2S. The molecule has 2 aromatic heterocycles. The van der Waals surface area contributed by atoms with Gasteiger partial charge >= 0.3 is 0 Å². The topological polar surface area (TPSA) is 24.9 Å². The van der Waals surface area contributed by atoms with Crippen LogP contribution in [0.1, 0.15) is 23.4 Å². The van der Waals surface area contributed by atoms with Crippen LogP contribution in [0.2, 0.25) is 0 Å². The number of likely N-dealkylation sites (N-methyl/N-ethyl adjacent to an activating group) is 1. The summed E-state index contributed by atoms with van der Waals surface area (Å²) >= 11 is 5.43. The number of pyridine rings is 1. The lowest BCUT2D eigenvalue weighted by atomic mass is 10.0. The highest BCUT2D eigenvalue weighted by molar-refractivity contribution is 9.10. The number of hydrogen-bond acceptors (Lipinski definition) is 3. The van der Waals surface area contributed by atoms with E-state index in [0.717, 1.165) is 18.5 Å². The van der Waals surface area contributed by atoms with E-state index >= 15 is 0 Å². The Hall–Kier alpha value is -1.23. The SMILES string of the molecule is CCNC(Cc1sccc1Br)c1ccc2ncccc2c1. The van der Waals surface area contributed by atoms with E-state index in [4.69, 9.17) is 0 Å². The number of benzene rings is 1. The Morgan fingerprint density at radius 1 is 1.29 bits per heavy atom. The maximum absolute atomic E-state index is 4.39. The van der Waals surface area contributed by atoms with Crippen LogP contribution < -0.4 is 5.32 Å². The van der Waals surface area contributed by atoms with Crippen molar-refractivity contribution >= 4 is 38.2 Å². The minimum absolute atomic E-state index is 0.328. The smallest absolute Gasteiger partial charge is 0.0702 e. The molecule has 1 unspecified atom stereocenters. The van der Waals surface area contributed by atoms with Crippen molar-refractivity contribution in [3.63, 3.8) is 0 Å². The number of halogens is 1. The highest BCUT2D eigenvalue weighted by Gasteiger charge is 2.14. The van der Waals surface area contributed by atoms with Gasteiger partial charge in [-0.25, -0.2) is 0 Å². The molecule has 1 N–H and O–H groups in total. The number of hydrogen-bond donors (Lipinski definition) is 1. The first-order chi connectivity index (χ1) is 10.3. The molecule has 1 atom stereocenters. The number of aromatic nitrogens is 1. The molecular weight excluding hydrogens is 344 g/mol. The van der Waals surface area contributed by atoms with Gasteiger partial charge in [0.05, 0.1) is 5.52 Å². The first-order valence-corrected chi connectivity index (χ1v) is 8.75. The summed E-state index contributed by atoms with van der Waals surface area (Å²) in [5, 5.41) is 6.92. The predicted octanol–water partition coefficient (Wildman–Crippen LogP) is 4.95. The summed E-state index contributed by atoms with van der Waals surface area (Å²) in [6, 6.07) is 13.1. The second-order valence-corrected chi connectivity index (χ2v) is 6.82. The fraction of sp³-hybridized carbons (Fsp3) is 0.235. The van der Waals surface area contributed by atoms with E-state index in [1.165, 1.54) is 20.3 Å². The van der Waals surface area contributed by atoms with Crippen LogP contribution in [-0.4, -0.2) is 11.5 Å². The second kappa shape index (κ2) is 6.69. The molecule has 0 aliphatic carbocycles. The van der Waals surface area contributed by atoms with E-state index in [1.54, 1.807) is 11.3 Å². The standard InChI is InChI=1S/C17H17BrN2S/c1-2-19-16(11-17-14(18)7-9-21-17)13-5-6-15-12(10-13)4-3-8-20-15/h3-10,16,19H,2,11H2,1H3. The zero-order valence-electron chi connectivity index (χ0n) is 11.8. The van der Waals surface area contributed by atoms with Crippen LogP contribution in [0, 0.1) is 0 Å². The lowest BCUT2D eigenvalue weighted by Gasteiger charge is -2.18. The fourth-order valence-electron chi connectivity index (χ4n) is 2.52. The summed E-state index contributed by atoms with van der Waals surface area (Å²) in [6.07, 6.45) is 2.84. The molecule has 108 valence electrons. The first-order valence-electron chi connectivity index (χ1n) is 7.08. The number of fused-ring (bicyclic) bond motifs is 1. The summed E-state index contributed by atoms with van der Waals surface area (Å²) in [6.45, 7) is 3.11. The van der Waals surface area contributed by atoms with Crippen LogP contribution in [0.25, 0.3) is 10.9 Å². The molecule has 2 nitrogen and oxygen atoms in total. The Bertz CT molecular complexity index is 738. The molecule has 4 heteroatoms. The summed E-state index contributed by atoms with van der Waals surface area (Å²) in [5.41, 5.74) is 2.37. The van der Waals surface area contributed by atoms with Crippen LogP contribution >= 0.6 is 27.3 Å². The number of nitrogens with zero attached hydrogens (tertiary/aromatic N) is 1. The lowest BCUT2D eigenvalue weighted by Crippen LogP contribution is -2.22. The average Bonchev–Trinajstić information content (AvgIpc) is 2.91. The van der Waals surface area contributed by atoms with Crippen LogP contribution in [0.3, 0.4) is 0 Å². The Kier molecular flexibility index (Phi) is 4.68. The van der Waals surface area contributed by atoms with Gasteiger partial charge in [0.15, 0.2) is 0 Å². The van der Waals surface area contributed by atoms with E-state index in [1.807, 2.05) is 12.3 Å². The molecule has 0 saturated heterocycles. The van der Waals surface area contributed by atoms with E-state index < -0.39 is 0 Å². The summed E-state index contributed by atoms with van der Waals surface area (Å²) in [7, 11) is 0. The van der Waals surface area contributed by atoms with Crippen molar-refractivity contribution in [2.75, 3.05) is 6.54 Å². The molecule has 0 fully saturated rings. The van der Waals surface area contributed by atoms with Crippen molar-refractivity contribution in [1.29, 1.82) is 0 Å². The Balaban J connectivity index is 1.93. The largest absolute Gasteiger partial charge is 0.310 e. The number of nitrogens with one attached hydrogen (secondary N) is 1.